The lowest BCUT2D eigenvalue weighted by atomic mass is 10.1. The Kier molecular flexibility index (Phi) is 3.74. The van der Waals surface area contributed by atoms with Gasteiger partial charge in [-0.15, -0.1) is 0 Å². The molecule has 4 heteroatoms. The van der Waals surface area contributed by atoms with Crippen LogP contribution in [0.4, 0.5) is 0 Å². The molecule has 0 N–H and O–H groups in total. The molecule has 1 aliphatic carbocycles. The lowest BCUT2D eigenvalue weighted by molar-refractivity contribution is 0.311. The summed E-state index contributed by atoms with van der Waals surface area (Å²) in [5.74, 6) is 2.31. The van der Waals surface area contributed by atoms with Crippen LogP contribution in [0.15, 0.2) is 42.5 Å². The third-order valence-electron chi connectivity index (χ3n) is 4.23. The minimum absolute atomic E-state index is 0.530. The largest absolute Gasteiger partial charge is 0.490 e. The van der Waals surface area contributed by atoms with E-state index in [2.05, 4.69) is 25.1 Å². The van der Waals surface area contributed by atoms with E-state index in [1.54, 1.807) is 0 Å². The Morgan fingerprint density at radius 1 is 1.13 bits per heavy atom. The molecule has 4 nitrogen and oxygen atoms in total. The number of ether oxygens (including phenoxy) is 1. The van der Waals surface area contributed by atoms with Gasteiger partial charge in [0.25, 0.3) is 0 Å². The Morgan fingerprint density at radius 3 is 2.70 bits per heavy atom. The van der Waals surface area contributed by atoms with Gasteiger partial charge in [0.2, 0.25) is 0 Å². The van der Waals surface area contributed by atoms with E-state index in [0.717, 1.165) is 47.9 Å². The standard InChI is InChI=1S/C19H21N3O/c1-2-3-13-23-17-12-11-16(14-7-5-4-6-8-14)22-19(17)20-18(21-22)15-9-10-15/h4-8,11-12,15H,2-3,9-10,13H2,1H3. The van der Waals surface area contributed by atoms with Gasteiger partial charge in [0, 0.05) is 11.5 Å². The summed E-state index contributed by atoms with van der Waals surface area (Å²) in [5, 5.41) is 4.77. The van der Waals surface area contributed by atoms with Gasteiger partial charge >= 0.3 is 0 Å². The molecule has 0 atom stereocenters. The second-order valence-corrected chi connectivity index (χ2v) is 6.13. The van der Waals surface area contributed by atoms with Crippen molar-refractivity contribution < 1.29 is 4.74 Å². The molecule has 0 aliphatic heterocycles. The van der Waals surface area contributed by atoms with E-state index in [1.165, 1.54) is 12.8 Å². The van der Waals surface area contributed by atoms with E-state index in [1.807, 2.05) is 28.8 Å². The smallest absolute Gasteiger partial charge is 0.198 e. The zero-order valence-corrected chi connectivity index (χ0v) is 13.4. The van der Waals surface area contributed by atoms with Gasteiger partial charge < -0.3 is 4.74 Å². The number of unbranched alkanes of at least 4 members (excludes halogenated alkanes) is 1. The van der Waals surface area contributed by atoms with Gasteiger partial charge in [0.1, 0.15) is 0 Å². The van der Waals surface area contributed by atoms with Crippen LogP contribution < -0.4 is 4.74 Å². The van der Waals surface area contributed by atoms with Crippen molar-refractivity contribution in [1.82, 2.24) is 14.6 Å². The van der Waals surface area contributed by atoms with E-state index >= 15 is 0 Å². The van der Waals surface area contributed by atoms with E-state index in [4.69, 9.17) is 14.8 Å². The van der Waals surface area contributed by atoms with Gasteiger partial charge in [-0.25, -0.2) is 9.50 Å². The molecular weight excluding hydrogens is 286 g/mol. The normalized spacial score (nSPS) is 14.3. The molecule has 0 radical (unpaired) electrons. The van der Waals surface area contributed by atoms with Gasteiger partial charge in [0.05, 0.1) is 12.3 Å². The van der Waals surface area contributed by atoms with Crippen LogP contribution in [0, 0.1) is 0 Å². The summed E-state index contributed by atoms with van der Waals surface area (Å²) < 4.78 is 7.89. The van der Waals surface area contributed by atoms with E-state index in [-0.39, 0.29) is 0 Å². The van der Waals surface area contributed by atoms with Crippen molar-refractivity contribution in [3.05, 3.63) is 48.3 Å². The second kappa shape index (κ2) is 6.03. The fourth-order valence-electron chi connectivity index (χ4n) is 2.74. The van der Waals surface area contributed by atoms with Crippen molar-refractivity contribution in [3.8, 4) is 17.0 Å². The molecule has 2 heterocycles. The first-order chi connectivity index (χ1) is 11.4. The van der Waals surface area contributed by atoms with Gasteiger partial charge in [-0.05, 0) is 31.4 Å². The van der Waals surface area contributed by atoms with Crippen LogP contribution in [0.5, 0.6) is 5.75 Å². The average molecular weight is 307 g/mol. The second-order valence-electron chi connectivity index (χ2n) is 6.13. The molecule has 0 bridgehead atoms. The number of fused-ring (bicyclic) bond motifs is 1. The van der Waals surface area contributed by atoms with E-state index < -0.39 is 0 Å². The molecule has 3 aromatic rings. The Morgan fingerprint density at radius 2 is 1.96 bits per heavy atom. The monoisotopic (exact) mass is 307 g/mol. The molecule has 0 spiro atoms. The van der Waals surface area contributed by atoms with Crippen LogP contribution in [0.2, 0.25) is 0 Å². The van der Waals surface area contributed by atoms with Crippen molar-refractivity contribution in [2.75, 3.05) is 6.61 Å². The highest BCUT2D eigenvalue weighted by atomic mass is 16.5. The highest BCUT2D eigenvalue weighted by molar-refractivity contribution is 5.67. The van der Waals surface area contributed by atoms with Gasteiger partial charge in [0.15, 0.2) is 17.2 Å². The SMILES string of the molecule is CCCCOc1ccc(-c2ccccc2)n2nc(C3CC3)nc12. The predicted octanol–water partition coefficient (Wildman–Crippen LogP) is 4.45. The Hall–Kier alpha value is -2.36. The number of hydrogen-bond donors (Lipinski definition) is 0. The summed E-state index contributed by atoms with van der Waals surface area (Å²) in [6.07, 6.45) is 4.57. The van der Waals surface area contributed by atoms with Crippen LogP contribution in [0.25, 0.3) is 16.9 Å². The fourth-order valence-corrected chi connectivity index (χ4v) is 2.74. The quantitative estimate of drug-likeness (QED) is 0.631. The van der Waals surface area contributed by atoms with Crippen molar-refractivity contribution in [2.24, 2.45) is 0 Å². The molecule has 4 rings (SSSR count). The summed E-state index contributed by atoms with van der Waals surface area (Å²) in [5.41, 5.74) is 3.04. The molecular formula is C19H21N3O. The first kappa shape index (κ1) is 14.2. The average Bonchev–Trinajstić information content (AvgIpc) is 3.34. The molecule has 1 saturated carbocycles. The Bertz CT molecular complexity index is 806. The fraction of sp³-hybridized carbons (Fsp3) is 0.368. The summed E-state index contributed by atoms with van der Waals surface area (Å²) in [7, 11) is 0. The lowest BCUT2D eigenvalue weighted by Crippen LogP contribution is -2.01. The van der Waals surface area contributed by atoms with Gasteiger partial charge in [-0.3, -0.25) is 0 Å². The van der Waals surface area contributed by atoms with Crippen molar-refractivity contribution in [1.29, 1.82) is 0 Å². The van der Waals surface area contributed by atoms with Crippen LogP contribution >= 0.6 is 0 Å². The number of aromatic nitrogens is 3. The number of nitrogens with zero attached hydrogens (tertiary/aromatic N) is 3. The topological polar surface area (TPSA) is 39.4 Å². The number of rotatable bonds is 6. The van der Waals surface area contributed by atoms with Crippen LogP contribution in [-0.4, -0.2) is 21.2 Å². The Labute approximate surface area is 136 Å². The van der Waals surface area contributed by atoms with Crippen molar-refractivity contribution in [3.63, 3.8) is 0 Å². The van der Waals surface area contributed by atoms with Crippen LogP contribution in [0.1, 0.15) is 44.3 Å². The molecule has 0 amide bonds. The third-order valence-corrected chi connectivity index (χ3v) is 4.23. The molecule has 1 fully saturated rings. The number of pyridine rings is 1. The van der Waals surface area contributed by atoms with E-state index in [0.29, 0.717) is 5.92 Å². The number of benzene rings is 1. The maximum atomic E-state index is 5.94. The maximum Gasteiger partial charge on any atom is 0.198 e. The van der Waals surface area contributed by atoms with E-state index in [9.17, 15) is 0 Å². The van der Waals surface area contributed by atoms with Gasteiger partial charge in [-0.1, -0.05) is 43.7 Å². The first-order valence-electron chi connectivity index (χ1n) is 8.44. The summed E-state index contributed by atoms with van der Waals surface area (Å²) >= 11 is 0. The highest BCUT2D eigenvalue weighted by Crippen LogP contribution is 2.39. The van der Waals surface area contributed by atoms with Crippen LogP contribution in [0.3, 0.4) is 0 Å². The molecule has 118 valence electrons. The van der Waals surface area contributed by atoms with Crippen LogP contribution in [-0.2, 0) is 0 Å². The minimum Gasteiger partial charge on any atom is -0.490 e. The molecule has 2 aromatic heterocycles. The molecule has 0 saturated heterocycles. The zero-order valence-electron chi connectivity index (χ0n) is 13.4. The summed E-state index contributed by atoms with van der Waals surface area (Å²) in [4.78, 5) is 4.77. The van der Waals surface area contributed by atoms with Crippen molar-refractivity contribution in [2.45, 2.75) is 38.5 Å². The third kappa shape index (κ3) is 2.81. The zero-order chi connectivity index (χ0) is 15.6. The number of hydrogen-bond acceptors (Lipinski definition) is 3. The maximum absolute atomic E-state index is 5.94. The molecule has 1 aromatic carbocycles. The predicted molar refractivity (Wildman–Crippen MR) is 90.8 cm³/mol. The molecule has 0 unspecified atom stereocenters. The molecule has 1 aliphatic rings. The van der Waals surface area contributed by atoms with Gasteiger partial charge in [-0.2, -0.15) is 5.10 Å². The van der Waals surface area contributed by atoms with Crippen molar-refractivity contribution >= 4 is 5.65 Å². The first-order valence-corrected chi connectivity index (χ1v) is 8.44. The molecule has 23 heavy (non-hydrogen) atoms. The lowest BCUT2D eigenvalue weighted by Gasteiger charge is -2.09. The summed E-state index contributed by atoms with van der Waals surface area (Å²) in [6.45, 7) is 2.89. The highest BCUT2D eigenvalue weighted by Gasteiger charge is 2.29. The summed E-state index contributed by atoms with van der Waals surface area (Å²) in [6, 6.07) is 14.4. The minimum atomic E-state index is 0.530. The Balaban J connectivity index is 1.80.